The Hall–Kier alpha value is -0.440. The molecule has 0 amide bonds. The Morgan fingerprint density at radius 2 is 1.94 bits per heavy atom. The molecule has 1 unspecified atom stereocenters. The van der Waals surface area contributed by atoms with Gasteiger partial charge in [-0.15, -0.1) is 0 Å². The molecule has 0 N–H and O–H groups in total. The van der Waals surface area contributed by atoms with Gasteiger partial charge in [0.05, 0.1) is 4.75 Å². The second-order valence-electron chi connectivity index (χ2n) is 5.85. The van der Waals surface area contributed by atoms with Gasteiger partial charge >= 0.3 is 0 Å². The van der Waals surface area contributed by atoms with E-state index in [1.54, 1.807) is 0 Å². The molecular weight excluding hydrogens is 230 g/mol. The summed E-state index contributed by atoms with van der Waals surface area (Å²) in [4.78, 5) is 0. The van der Waals surface area contributed by atoms with Gasteiger partial charge in [-0.3, -0.25) is 0 Å². The van der Waals surface area contributed by atoms with E-state index < -0.39 is 11.0 Å². The topological polar surface area (TPSA) is 29.4 Å². The third kappa shape index (κ3) is 9.28. The molecule has 0 saturated carbocycles. The molecule has 0 saturated heterocycles. The Labute approximate surface area is 109 Å². The number of hydrogen-bond donors (Lipinski definition) is 0. The second-order valence-corrected chi connectivity index (χ2v) is 7.78. The fourth-order valence-electron chi connectivity index (χ4n) is 1.22. The Kier molecular flexibility index (Phi) is 7.60. The predicted octanol–water partition coefficient (Wildman–Crippen LogP) is 4.29. The van der Waals surface area contributed by atoms with E-state index in [1.165, 1.54) is 12.0 Å². The first-order valence-electron chi connectivity index (χ1n) is 6.31. The van der Waals surface area contributed by atoms with Crippen LogP contribution in [0.15, 0.2) is 16.0 Å². The van der Waals surface area contributed by atoms with Gasteiger partial charge in [0, 0.05) is 6.21 Å². The van der Waals surface area contributed by atoms with Crippen molar-refractivity contribution in [1.29, 1.82) is 0 Å². The summed E-state index contributed by atoms with van der Waals surface area (Å²) in [6.07, 6.45) is 7.30. The van der Waals surface area contributed by atoms with Crippen molar-refractivity contribution >= 4 is 17.2 Å². The van der Waals surface area contributed by atoms with Crippen LogP contribution in [-0.2, 0) is 11.0 Å². The molecule has 2 nitrogen and oxygen atoms in total. The minimum absolute atomic E-state index is 0.248. The standard InChI is InChI=1S/C14H27NOS/c1-12(2)8-7-9-13(3)10-11-15-17(16)14(4,5)6/h8,11,13H,7,9-10H2,1-6H3/b15-11+/t13-,17?/m1/s1. The minimum Gasteiger partial charge on any atom is -0.234 e. The van der Waals surface area contributed by atoms with Gasteiger partial charge in [-0.25, -0.2) is 4.21 Å². The van der Waals surface area contributed by atoms with Gasteiger partial charge in [0.25, 0.3) is 0 Å². The molecule has 0 radical (unpaired) electrons. The molecule has 0 spiro atoms. The number of hydrogen-bond acceptors (Lipinski definition) is 1. The third-order valence-corrected chi connectivity index (χ3v) is 3.80. The minimum atomic E-state index is -1.11. The van der Waals surface area contributed by atoms with Crippen molar-refractivity contribution in [2.24, 2.45) is 10.3 Å². The van der Waals surface area contributed by atoms with Crippen molar-refractivity contribution < 1.29 is 4.21 Å². The highest BCUT2D eigenvalue weighted by Crippen LogP contribution is 2.13. The van der Waals surface area contributed by atoms with Crippen LogP contribution in [0.5, 0.6) is 0 Å². The second kappa shape index (κ2) is 7.80. The van der Waals surface area contributed by atoms with Crippen LogP contribution in [0, 0.1) is 5.92 Å². The van der Waals surface area contributed by atoms with E-state index in [0.717, 1.165) is 12.8 Å². The van der Waals surface area contributed by atoms with Gasteiger partial charge in [0.15, 0.2) is 0 Å². The molecule has 0 aliphatic rings. The fourth-order valence-corrected chi connectivity index (χ4v) is 1.76. The van der Waals surface area contributed by atoms with E-state index in [0.29, 0.717) is 5.92 Å². The lowest BCUT2D eigenvalue weighted by molar-refractivity contribution is 0.563. The molecule has 0 aliphatic heterocycles. The number of allylic oxidation sites excluding steroid dienone is 2. The van der Waals surface area contributed by atoms with Gasteiger partial charge < -0.3 is 0 Å². The summed E-state index contributed by atoms with van der Waals surface area (Å²) in [5.74, 6) is 0.603. The summed E-state index contributed by atoms with van der Waals surface area (Å²) in [5.41, 5.74) is 1.37. The SMILES string of the molecule is CC(C)=CCC[C@@H](C)C/C=N/S(=O)C(C)(C)C. The summed E-state index contributed by atoms with van der Waals surface area (Å²) in [5, 5.41) is 0. The number of rotatable bonds is 6. The van der Waals surface area contributed by atoms with Crippen LogP contribution in [0.25, 0.3) is 0 Å². The van der Waals surface area contributed by atoms with Gasteiger partial charge in [0.1, 0.15) is 11.0 Å². The lowest BCUT2D eigenvalue weighted by atomic mass is 10.0. The Balaban J connectivity index is 3.92. The van der Waals surface area contributed by atoms with Gasteiger partial charge in [-0.2, -0.15) is 4.40 Å². The van der Waals surface area contributed by atoms with E-state index in [-0.39, 0.29) is 4.75 Å². The smallest absolute Gasteiger partial charge is 0.144 e. The van der Waals surface area contributed by atoms with Crippen LogP contribution in [0.2, 0.25) is 0 Å². The molecule has 0 aromatic rings. The summed E-state index contributed by atoms with van der Waals surface area (Å²) >= 11 is 0. The average molecular weight is 257 g/mol. The summed E-state index contributed by atoms with van der Waals surface area (Å²) in [7, 11) is -1.11. The zero-order valence-corrected chi connectivity index (χ0v) is 12.9. The zero-order valence-electron chi connectivity index (χ0n) is 12.1. The average Bonchev–Trinajstić information content (AvgIpc) is 2.15. The monoisotopic (exact) mass is 257 g/mol. The predicted molar refractivity (Wildman–Crippen MR) is 78.8 cm³/mol. The Bertz CT molecular complexity index is 296. The molecule has 2 atom stereocenters. The Morgan fingerprint density at radius 3 is 2.41 bits per heavy atom. The first-order chi connectivity index (χ1) is 7.73. The van der Waals surface area contributed by atoms with E-state index in [9.17, 15) is 4.21 Å². The first-order valence-corrected chi connectivity index (χ1v) is 7.42. The summed E-state index contributed by atoms with van der Waals surface area (Å²) < 4.78 is 15.5. The lowest BCUT2D eigenvalue weighted by Crippen LogP contribution is -2.19. The quantitative estimate of drug-likeness (QED) is 0.515. The molecule has 0 fully saturated rings. The third-order valence-electron chi connectivity index (χ3n) is 2.41. The van der Waals surface area contributed by atoms with Crippen molar-refractivity contribution in [3.05, 3.63) is 11.6 Å². The molecule has 0 bridgehead atoms. The van der Waals surface area contributed by atoms with E-state index in [2.05, 4.69) is 31.2 Å². The molecule has 100 valence electrons. The fraction of sp³-hybridized carbons (Fsp3) is 0.786. The molecule has 0 heterocycles. The van der Waals surface area contributed by atoms with Crippen molar-refractivity contribution in [3.63, 3.8) is 0 Å². The van der Waals surface area contributed by atoms with Gasteiger partial charge in [0.2, 0.25) is 0 Å². The van der Waals surface area contributed by atoms with Crippen molar-refractivity contribution in [2.75, 3.05) is 0 Å². The molecule has 0 aliphatic carbocycles. The first kappa shape index (κ1) is 16.6. The summed E-state index contributed by atoms with van der Waals surface area (Å²) in [6.45, 7) is 12.3. The molecule has 17 heavy (non-hydrogen) atoms. The van der Waals surface area contributed by atoms with Gasteiger partial charge in [-0.05, 0) is 59.8 Å². The molecule has 0 aromatic heterocycles. The largest absolute Gasteiger partial charge is 0.234 e. The van der Waals surface area contributed by atoms with Crippen LogP contribution in [0.4, 0.5) is 0 Å². The molecular formula is C14H27NOS. The zero-order chi connectivity index (χ0) is 13.5. The maximum atomic E-state index is 11.7. The van der Waals surface area contributed by atoms with Crippen molar-refractivity contribution in [1.82, 2.24) is 0 Å². The van der Waals surface area contributed by atoms with Crippen LogP contribution in [0.3, 0.4) is 0 Å². The molecule has 0 rings (SSSR count). The van der Waals surface area contributed by atoms with Gasteiger partial charge in [-0.1, -0.05) is 18.6 Å². The van der Waals surface area contributed by atoms with E-state index in [4.69, 9.17) is 0 Å². The maximum Gasteiger partial charge on any atom is 0.144 e. The maximum absolute atomic E-state index is 11.7. The normalized spacial score (nSPS) is 15.9. The molecule has 0 aromatic carbocycles. The Morgan fingerprint density at radius 1 is 1.35 bits per heavy atom. The molecule has 3 heteroatoms. The van der Waals surface area contributed by atoms with E-state index in [1.807, 2.05) is 27.0 Å². The van der Waals surface area contributed by atoms with Crippen molar-refractivity contribution in [3.8, 4) is 0 Å². The van der Waals surface area contributed by atoms with E-state index >= 15 is 0 Å². The highest BCUT2D eigenvalue weighted by molar-refractivity contribution is 7.85. The van der Waals surface area contributed by atoms with Crippen molar-refractivity contribution in [2.45, 2.75) is 65.6 Å². The number of nitrogens with zero attached hydrogens (tertiary/aromatic N) is 1. The lowest BCUT2D eigenvalue weighted by Gasteiger charge is -2.13. The van der Waals surface area contributed by atoms with Crippen LogP contribution < -0.4 is 0 Å². The highest BCUT2D eigenvalue weighted by Gasteiger charge is 2.17. The van der Waals surface area contributed by atoms with Crippen LogP contribution in [0.1, 0.15) is 60.8 Å². The van der Waals surface area contributed by atoms with Crippen LogP contribution >= 0.6 is 0 Å². The summed E-state index contributed by atoms with van der Waals surface area (Å²) in [6, 6.07) is 0. The van der Waals surface area contributed by atoms with Crippen LogP contribution in [-0.4, -0.2) is 15.2 Å². The highest BCUT2D eigenvalue weighted by atomic mass is 32.2.